The Morgan fingerprint density at radius 3 is 2.64 bits per heavy atom. The van der Waals surface area contributed by atoms with Gasteiger partial charge in [-0.2, -0.15) is 11.8 Å². The maximum Gasteiger partial charge on any atom is 0.233 e. The first-order chi connectivity index (χ1) is 12.1. The molecule has 1 N–H and O–H groups in total. The normalized spacial score (nSPS) is 12.0. The van der Waals surface area contributed by atoms with Gasteiger partial charge in [-0.15, -0.1) is 11.8 Å². The molecule has 5 heteroatoms. The lowest BCUT2D eigenvalue weighted by molar-refractivity contribution is -0.120. The van der Waals surface area contributed by atoms with Gasteiger partial charge in [0, 0.05) is 28.0 Å². The molecule has 0 fully saturated rings. The SMILES string of the molecule is CC[C@H](Sc1ccc(Cl)cc1)C(=O)NCCSCc1cccc(C)c1. The second-order valence-electron chi connectivity index (χ2n) is 5.80. The minimum Gasteiger partial charge on any atom is -0.354 e. The summed E-state index contributed by atoms with van der Waals surface area (Å²) in [5.41, 5.74) is 2.62. The smallest absolute Gasteiger partial charge is 0.233 e. The number of thioether (sulfide) groups is 2. The van der Waals surface area contributed by atoms with E-state index in [0.29, 0.717) is 11.6 Å². The fourth-order valence-electron chi connectivity index (χ4n) is 2.35. The molecule has 2 rings (SSSR count). The van der Waals surface area contributed by atoms with Gasteiger partial charge in [-0.25, -0.2) is 0 Å². The monoisotopic (exact) mass is 393 g/mol. The fourth-order valence-corrected chi connectivity index (χ4v) is 4.26. The molecule has 0 radical (unpaired) electrons. The molecule has 0 aliphatic carbocycles. The van der Waals surface area contributed by atoms with Crippen molar-refractivity contribution in [3.63, 3.8) is 0 Å². The largest absolute Gasteiger partial charge is 0.354 e. The van der Waals surface area contributed by atoms with E-state index in [1.807, 2.05) is 43.0 Å². The third-order valence-corrected chi connectivity index (χ3v) is 6.31. The highest BCUT2D eigenvalue weighted by Crippen LogP contribution is 2.26. The molecule has 1 atom stereocenters. The van der Waals surface area contributed by atoms with E-state index in [9.17, 15) is 4.79 Å². The summed E-state index contributed by atoms with van der Waals surface area (Å²) in [5, 5.41) is 3.70. The lowest BCUT2D eigenvalue weighted by atomic mass is 10.2. The van der Waals surface area contributed by atoms with Crippen LogP contribution in [0.1, 0.15) is 24.5 Å². The van der Waals surface area contributed by atoms with Crippen LogP contribution in [0.4, 0.5) is 0 Å². The van der Waals surface area contributed by atoms with Crippen LogP contribution in [-0.4, -0.2) is 23.5 Å². The summed E-state index contributed by atoms with van der Waals surface area (Å²) >= 11 is 9.34. The van der Waals surface area contributed by atoms with Gasteiger partial charge in [-0.1, -0.05) is 48.4 Å². The zero-order valence-corrected chi connectivity index (χ0v) is 17.0. The van der Waals surface area contributed by atoms with Gasteiger partial charge in [0.2, 0.25) is 5.91 Å². The molecule has 0 saturated heterocycles. The zero-order chi connectivity index (χ0) is 18.1. The first-order valence-corrected chi connectivity index (χ1v) is 10.8. The molecular formula is C20H24ClNOS2. The van der Waals surface area contributed by atoms with Crippen molar-refractivity contribution in [3.05, 3.63) is 64.7 Å². The third-order valence-electron chi connectivity index (χ3n) is 3.65. The molecule has 25 heavy (non-hydrogen) atoms. The van der Waals surface area contributed by atoms with Gasteiger partial charge in [0.05, 0.1) is 5.25 Å². The summed E-state index contributed by atoms with van der Waals surface area (Å²) in [6.45, 7) is 4.85. The van der Waals surface area contributed by atoms with E-state index in [-0.39, 0.29) is 11.2 Å². The molecule has 0 unspecified atom stereocenters. The number of hydrogen-bond acceptors (Lipinski definition) is 3. The van der Waals surface area contributed by atoms with Gasteiger partial charge >= 0.3 is 0 Å². The Labute approximate surface area is 164 Å². The van der Waals surface area contributed by atoms with Crippen molar-refractivity contribution in [2.75, 3.05) is 12.3 Å². The molecule has 2 aromatic rings. The third kappa shape index (κ3) is 7.35. The molecular weight excluding hydrogens is 370 g/mol. The molecule has 0 spiro atoms. The van der Waals surface area contributed by atoms with Crippen LogP contribution in [0.15, 0.2) is 53.4 Å². The molecule has 1 amide bonds. The molecule has 0 aliphatic rings. The van der Waals surface area contributed by atoms with Gasteiger partial charge in [0.25, 0.3) is 0 Å². The van der Waals surface area contributed by atoms with Crippen molar-refractivity contribution in [1.82, 2.24) is 5.32 Å². The minimum atomic E-state index is -0.0667. The molecule has 0 heterocycles. The number of carbonyl (C=O) groups excluding carboxylic acids is 1. The summed E-state index contributed by atoms with van der Waals surface area (Å²) in [6.07, 6.45) is 0.801. The summed E-state index contributed by atoms with van der Waals surface area (Å²) in [5.74, 6) is 2.01. The fraction of sp³-hybridized carbons (Fsp3) is 0.350. The highest BCUT2D eigenvalue weighted by atomic mass is 35.5. The predicted octanol–water partition coefficient (Wildman–Crippen LogP) is 5.57. The Hall–Kier alpha value is -1.10. The summed E-state index contributed by atoms with van der Waals surface area (Å²) in [7, 11) is 0. The van der Waals surface area contributed by atoms with Crippen molar-refractivity contribution in [3.8, 4) is 0 Å². The first-order valence-electron chi connectivity index (χ1n) is 8.41. The lowest BCUT2D eigenvalue weighted by Gasteiger charge is -2.14. The maximum absolute atomic E-state index is 12.4. The van der Waals surface area contributed by atoms with Crippen LogP contribution in [-0.2, 0) is 10.5 Å². The standard InChI is InChI=1S/C20H24ClNOS2/c1-3-19(25-18-9-7-17(21)8-10-18)20(23)22-11-12-24-14-16-6-4-5-15(2)13-16/h4-10,13,19H,3,11-12,14H2,1-2H3,(H,22,23)/t19-/m0/s1. The highest BCUT2D eigenvalue weighted by molar-refractivity contribution is 8.00. The van der Waals surface area contributed by atoms with E-state index in [1.54, 1.807) is 11.8 Å². The number of nitrogens with one attached hydrogen (secondary N) is 1. The number of amides is 1. The molecule has 0 saturated carbocycles. The second-order valence-corrected chi connectivity index (χ2v) is 8.62. The molecule has 2 aromatic carbocycles. The highest BCUT2D eigenvalue weighted by Gasteiger charge is 2.17. The van der Waals surface area contributed by atoms with E-state index >= 15 is 0 Å². The quantitative estimate of drug-likeness (QED) is 0.446. The predicted molar refractivity (Wildman–Crippen MR) is 112 cm³/mol. The lowest BCUT2D eigenvalue weighted by Crippen LogP contribution is -2.33. The van der Waals surface area contributed by atoms with Crippen molar-refractivity contribution in [1.29, 1.82) is 0 Å². The average molecular weight is 394 g/mol. The number of rotatable bonds is 9. The van der Waals surface area contributed by atoms with Gasteiger partial charge in [0.1, 0.15) is 0 Å². The number of aryl methyl sites for hydroxylation is 1. The topological polar surface area (TPSA) is 29.1 Å². The van der Waals surface area contributed by atoms with Gasteiger partial charge in [-0.05, 0) is 43.2 Å². The van der Waals surface area contributed by atoms with E-state index in [2.05, 4.69) is 36.5 Å². The Morgan fingerprint density at radius 1 is 1.20 bits per heavy atom. The van der Waals surface area contributed by atoms with Gasteiger partial charge < -0.3 is 5.32 Å². The Balaban J connectivity index is 1.69. The van der Waals surface area contributed by atoms with Crippen molar-refractivity contribution in [2.45, 2.75) is 36.2 Å². The van der Waals surface area contributed by atoms with Crippen LogP contribution in [0.2, 0.25) is 5.02 Å². The summed E-state index contributed by atoms with van der Waals surface area (Å²) in [6, 6.07) is 16.2. The van der Waals surface area contributed by atoms with Crippen LogP contribution in [0.25, 0.3) is 0 Å². The van der Waals surface area contributed by atoms with Crippen LogP contribution in [0, 0.1) is 6.92 Å². The first kappa shape index (κ1) is 20.2. The van der Waals surface area contributed by atoms with Crippen molar-refractivity contribution in [2.24, 2.45) is 0 Å². The Morgan fingerprint density at radius 2 is 1.96 bits per heavy atom. The Kier molecular flexibility index (Phi) is 8.73. The maximum atomic E-state index is 12.4. The summed E-state index contributed by atoms with van der Waals surface area (Å²) < 4.78 is 0. The molecule has 0 aliphatic heterocycles. The number of hydrogen-bond donors (Lipinski definition) is 1. The van der Waals surface area contributed by atoms with Gasteiger partial charge in [0.15, 0.2) is 0 Å². The molecule has 2 nitrogen and oxygen atoms in total. The zero-order valence-electron chi connectivity index (χ0n) is 14.6. The van der Waals surface area contributed by atoms with E-state index < -0.39 is 0 Å². The van der Waals surface area contributed by atoms with Crippen LogP contribution in [0.5, 0.6) is 0 Å². The number of halogens is 1. The van der Waals surface area contributed by atoms with Gasteiger partial charge in [-0.3, -0.25) is 4.79 Å². The summed E-state index contributed by atoms with van der Waals surface area (Å²) in [4.78, 5) is 13.4. The second kappa shape index (κ2) is 10.8. The van der Waals surface area contributed by atoms with Crippen LogP contribution >= 0.6 is 35.1 Å². The molecule has 0 bridgehead atoms. The van der Waals surface area contributed by atoms with Crippen LogP contribution in [0.3, 0.4) is 0 Å². The van der Waals surface area contributed by atoms with E-state index in [4.69, 9.17) is 11.6 Å². The molecule has 0 aromatic heterocycles. The average Bonchev–Trinajstić information content (AvgIpc) is 2.61. The Bertz CT molecular complexity index is 676. The van der Waals surface area contributed by atoms with Crippen molar-refractivity contribution >= 4 is 41.0 Å². The van der Waals surface area contributed by atoms with E-state index in [1.165, 1.54) is 11.1 Å². The van der Waals surface area contributed by atoms with E-state index in [0.717, 1.165) is 22.8 Å². The van der Waals surface area contributed by atoms with Crippen molar-refractivity contribution < 1.29 is 4.79 Å². The minimum absolute atomic E-state index is 0.0667. The van der Waals surface area contributed by atoms with Crippen LogP contribution < -0.4 is 5.32 Å². The molecule has 134 valence electrons. The number of benzene rings is 2. The number of carbonyl (C=O) groups is 1.